The average Bonchev–Trinajstić information content (AvgIpc) is 3.31. The smallest absolute Gasteiger partial charge is 0.252 e. The van der Waals surface area contributed by atoms with Gasteiger partial charge in [-0.1, -0.05) is 11.2 Å². The standard InChI is InChI=1S/C17H23N3O5S2/c21-27(22,16-2-1-9-26-16)20-10-14(11-20)17-18-15(19-25-17)5-8-24-12-13-3-6-23-7-4-13/h1-2,9,13-14H,3-8,10-12H2. The van der Waals surface area contributed by atoms with Gasteiger partial charge in [-0.05, 0) is 30.2 Å². The molecule has 2 fully saturated rings. The van der Waals surface area contributed by atoms with Crippen LogP contribution in [0.25, 0.3) is 0 Å². The third-order valence-corrected chi connectivity index (χ3v) is 8.14. The molecule has 148 valence electrons. The molecule has 4 heterocycles. The normalized spacial score (nSPS) is 20.0. The summed E-state index contributed by atoms with van der Waals surface area (Å²) in [6, 6.07) is 3.36. The first-order valence-corrected chi connectivity index (χ1v) is 11.5. The summed E-state index contributed by atoms with van der Waals surface area (Å²) in [5.41, 5.74) is 0. The molecule has 0 amide bonds. The van der Waals surface area contributed by atoms with Crippen LogP contribution in [0, 0.1) is 5.92 Å². The van der Waals surface area contributed by atoms with Crippen molar-refractivity contribution in [2.75, 3.05) is 39.5 Å². The third-order valence-electron chi connectivity index (χ3n) is 4.93. The van der Waals surface area contributed by atoms with Gasteiger partial charge in [-0.3, -0.25) is 0 Å². The van der Waals surface area contributed by atoms with Gasteiger partial charge in [-0.2, -0.15) is 9.29 Å². The van der Waals surface area contributed by atoms with Crippen LogP contribution in [0.1, 0.15) is 30.5 Å². The quantitative estimate of drug-likeness (QED) is 0.610. The largest absolute Gasteiger partial charge is 0.381 e. The molecule has 4 rings (SSSR count). The lowest BCUT2D eigenvalue weighted by Gasteiger charge is -2.35. The lowest BCUT2D eigenvalue weighted by atomic mass is 10.0. The number of rotatable bonds is 8. The van der Waals surface area contributed by atoms with Crippen molar-refractivity contribution in [1.29, 1.82) is 0 Å². The molecule has 0 spiro atoms. The monoisotopic (exact) mass is 413 g/mol. The molecule has 2 aliphatic rings. The lowest BCUT2D eigenvalue weighted by Crippen LogP contribution is -2.48. The highest BCUT2D eigenvalue weighted by molar-refractivity contribution is 7.91. The zero-order valence-corrected chi connectivity index (χ0v) is 16.6. The van der Waals surface area contributed by atoms with Crippen molar-refractivity contribution in [3.63, 3.8) is 0 Å². The van der Waals surface area contributed by atoms with Gasteiger partial charge < -0.3 is 14.0 Å². The second-order valence-corrected chi connectivity index (χ2v) is 9.99. The predicted molar refractivity (Wildman–Crippen MR) is 98.2 cm³/mol. The molecule has 0 atom stereocenters. The summed E-state index contributed by atoms with van der Waals surface area (Å²) in [7, 11) is -3.39. The summed E-state index contributed by atoms with van der Waals surface area (Å²) in [6.45, 7) is 3.70. The van der Waals surface area contributed by atoms with Crippen LogP contribution < -0.4 is 0 Å². The molecule has 0 bridgehead atoms. The fourth-order valence-corrected chi connectivity index (χ4v) is 5.86. The predicted octanol–water partition coefficient (Wildman–Crippen LogP) is 1.90. The van der Waals surface area contributed by atoms with Gasteiger partial charge in [0.15, 0.2) is 5.82 Å². The highest BCUT2D eigenvalue weighted by atomic mass is 32.2. The maximum absolute atomic E-state index is 12.4. The van der Waals surface area contributed by atoms with E-state index in [1.807, 2.05) is 0 Å². The van der Waals surface area contributed by atoms with Crippen LogP contribution in [0.2, 0.25) is 0 Å². The number of nitrogens with zero attached hydrogens (tertiary/aromatic N) is 3. The van der Waals surface area contributed by atoms with Gasteiger partial charge in [0.2, 0.25) is 5.89 Å². The van der Waals surface area contributed by atoms with Crippen LogP contribution in [0.15, 0.2) is 26.2 Å². The summed E-state index contributed by atoms with van der Waals surface area (Å²) in [5.74, 6) is 1.65. The van der Waals surface area contributed by atoms with Crippen LogP contribution in [-0.2, 0) is 25.9 Å². The maximum Gasteiger partial charge on any atom is 0.252 e. The van der Waals surface area contributed by atoms with Crippen LogP contribution in [0.3, 0.4) is 0 Å². The van der Waals surface area contributed by atoms with E-state index >= 15 is 0 Å². The lowest BCUT2D eigenvalue weighted by molar-refractivity contribution is 0.0211. The highest BCUT2D eigenvalue weighted by Gasteiger charge is 2.40. The first-order valence-electron chi connectivity index (χ1n) is 9.14. The maximum atomic E-state index is 12.4. The topological polar surface area (TPSA) is 94.8 Å². The van der Waals surface area contributed by atoms with Gasteiger partial charge in [0.05, 0.1) is 12.5 Å². The third kappa shape index (κ3) is 4.40. The average molecular weight is 414 g/mol. The molecule has 2 aromatic heterocycles. The number of sulfonamides is 1. The molecular weight excluding hydrogens is 390 g/mol. The van der Waals surface area contributed by atoms with Crippen molar-refractivity contribution in [3.8, 4) is 0 Å². The van der Waals surface area contributed by atoms with Gasteiger partial charge in [0, 0.05) is 39.3 Å². The van der Waals surface area contributed by atoms with Crippen molar-refractivity contribution in [2.45, 2.75) is 29.4 Å². The second kappa shape index (κ2) is 8.36. The van der Waals surface area contributed by atoms with E-state index in [-0.39, 0.29) is 5.92 Å². The van der Waals surface area contributed by atoms with Gasteiger partial charge in [-0.25, -0.2) is 8.42 Å². The Morgan fingerprint density at radius 2 is 2.11 bits per heavy atom. The number of ether oxygens (including phenoxy) is 2. The van der Waals surface area contributed by atoms with Crippen LogP contribution in [0.4, 0.5) is 0 Å². The summed E-state index contributed by atoms with van der Waals surface area (Å²) in [6.07, 6.45) is 2.70. The van der Waals surface area contributed by atoms with Gasteiger partial charge in [-0.15, -0.1) is 11.3 Å². The molecule has 2 aliphatic heterocycles. The van der Waals surface area contributed by atoms with Crippen molar-refractivity contribution in [1.82, 2.24) is 14.4 Å². The summed E-state index contributed by atoms with van der Waals surface area (Å²) < 4.78 is 43.0. The van der Waals surface area contributed by atoms with Gasteiger partial charge in [0.25, 0.3) is 10.0 Å². The summed E-state index contributed by atoms with van der Waals surface area (Å²) in [5, 5.41) is 5.75. The van der Waals surface area contributed by atoms with E-state index in [0.29, 0.717) is 48.0 Å². The number of thiophene rings is 1. The molecule has 2 aromatic rings. The zero-order chi connectivity index (χ0) is 18.7. The molecule has 0 N–H and O–H groups in total. The zero-order valence-electron chi connectivity index (χ0n) is 15.0. The van der Waals surface area contributed by atoms with E-state index in [0.717, 1.165) is 32.7 Å². The highest BCUT2D eigenvalue weighted by Crippen LogP contribution is 2.32. The molecule has 2 saturated heterocycles. The Morgan fingerprint density at radius 1 is 1.30 bits per heavy atom. The van der Waals surface area contributed by atoms with E-state index in [4.69, 9.17) is 14.0 Å². The fourth-order valence-electron chi connectivity index (χ4n) is 3.19. The number of hydrogen-bond acceptors (Lipinski definition) is 8. The van der Waals surface area contributed by atoms with Gasteiger partial charge in [0.1, 0.15) is 4.21 Å². The number of hydrogen-bond donors (Lipinski definition) is 0. The minimum absolute atomic E-state index is 0.0378. The molecule has 0 radical (unpaired) electrons. The van der Waals surface area contributed by atoms with E-state index in [1.54, 1.807) is 17.5 Å². The Kier molecular flexibility index (Phi) is 5.88. The molecular formula is C17H23N3O5S2. The van der Waals surface area contributed by atoms with Crippen molar-refractivity contribution >= 4 is 21.4 Å². The van der Waals surface area contributed by atoms with E-state index in [2.05, 4.69) is 10.1 Å². The van der Waals surface area contributed by atoms with Crippen molar-refractivity contribution in [2.24, 2.45) is 5.92 Å². The molecule has 8 nitrogen and oxygen atoms in total. The van der Waals surface area contributed by atoms with Crippen molar-refractivity contribution in [3.05, 3.63) is 29.2 Å². The molecule has 0 saturated carbocycles. The minimum Gasteiger partial charge on any atom is -0.381 e. The van der Waals surface area contributed by atoms with Crippen LogP contribution in [-0.4, -0.2) is 62.4 Å². The first-order chi connectivity index (χ1) is 13.1. The first kappa shape index (κ1) is 19.0. The van der Waals surface area contributed by atoms with Crippen LogP contribution in [0.5, 0.6) is 0 Å². The van der Waals surface area contributed by atoms with Crippen molar-refractivity contribution < 1.29 is 22.4 Å². The Morgan fingerprint density at radius 3 is 2.85 bits per heavy atom. The second-order valence-electron chi connectivity index (χ2n) is 6.88. The molecule has 27 heavy (non-hydrogen) atoms. The number of aromatic nitrogens is 2. The molecule has 10 heteroatoms. The summed E-state index contributed by atoms with van der Waals surface area (Å²) in [4.78, 5) is 4.40. The van der Waals surface area contributed by atoms with Crippen LogP contribution >= 0.6 is 11.3 Å². The molecule has 0 unspecified atom stereocenters. The molecule has 0 aliphatic carbocycles. The van der Waals surface area contributed by atoms with Gasteiger partial charge >= 0.3 is 0 Å². The Hall–Kier alpha value is -1.33. The Labute approximate surface area is 162 Å². The fraction of sp³-hybridized carbons (Fsp3) is 0.647. The molecule has 0 aromatic carbocycles. The Bertz CT molecular complexity index is 825. The summed E-state index contributed by atoms with van der Waals surface area (Å²) >= 11 is 1.23. The van der Waals surface area contributed by atoms with E-state index in [9.17, 15) is 8.42 Å². The van der Waals surface area contributed by atoms with E-state index < -0.39 is 10.0 Å². The SMILES string of the molecule is O=S(=O)(c1cccs1)N1CC(c2nc(CCOCC3CCOCC3)no2)C1. The van der Waals surface area contributed by atoms with E-state index in [1.165, 1.54) is 15.6 Å². The minimum atomic E-state index is -3.39. The Balaban J connectivity index is 1.21.